The maximum atomic E-state index is 12.0. The van der Waals surface area contributed by atoms with Gasteiger partial charge in [0.15, 0.2) is 0 Å². The average molecular weight is 300 g/mol. The number of nitro benzene ring substituents is 1. The predicted octanol–water partition coefficient (Wildman–Crippen LogP) is 2.69. The molecule has 0 spiro atoms. The lowest BCUT2D eigenvalue weighted by atomic mass is 10.1. The van der Waals surface area contributed by atoms with Crippen LogP contribution in [0.4, 0.5) is 11.4 Å². The number of carbonyl (C=O) groups excluding carboxylic acids is 1. The summed E-state index contributed by atoms with van der Waals surface area (Å²) in [5, 5.41) is 13.6. The van der Waals surface area contributed by atoms with Crippen LogP contribution in [0.1, 0.15) is 31.2 Å². The monoisotopic (exact) mass is 300 g/mol. The molecule has 1 aromatic carbocycles. The van der Waals surface area contributed by atoms with Gasteiger partial charge in [-0.15, -0.1) is 0 Å². The molecule has 0 atom stereocenters. The van der Waals surface area contributed by atoms with E-state index in [0.717, 1.165) is 0 Å². The Morgan fingerprint density at radius 1 is 1.27 bits per heavy atom. The van der Waals surface area contributed by atoms with E-state index in [1.54, 1.807) is 18.2 Å². The number of rotatable bonds is 5. The van der Waals surface area contributed by atoms with E-state index in [1.165, 1.54) is 18.5 Å². The molecule has 0 saturated carbocycles. The highest BCUT2D eigenvalue weighted by Gasteiger charge is 2.15. The Morgan fingerprint density at radius 3 is 2.50 bits per heavy atom. The van der Waals surface area contributed by atoms with Crippen LogP contribution in [0.2, 0.25) is 0 Å². The number of hydrogen-bond acceptors (Lipinski definition) is 5. The summed E-state index contributed by atoms with van der Waals surface area (Å²) in [5.74, 6) is 0.545. The molecule has 0 aliphatic carbocycles. The molecule has 0 saturated heterocycles. The number of anilines is 1. The first kappa shape index (κ1) is 15.6. The molecule has 0 aliphatic heterocycles. The first-order valence-electron chi connectivity index (χ1n) is 6.81. The minimum absolute atomic E-state index is 0.0657. The molecular formula is C15H16N4O3. The number of nitrogens with zero attached hydrogens (tertiary/aromatic N) is 3. The Labute approximate surface area is 127 Å². The molecule has 0 unspecified atom stereocenters. The van der Waals surface area contributed by atoms with Crippen LogP contribution in [-0.2, 0) is 11.2 Å². The Bertz CT molecular complexity index is 683. The quantitative estimate of drug-likeness (QED) is 0.676. The fourth-order valence-corrected chi connectivity index (χ4v) is 1.92. The molecule has 1 heterocycles. The lowest BCUT2D eigenvalue weighted by Crippen LogP contribution is -2.16. The summed E-state index contributed by atoms with van der Waals surface area (Å²) in [6.07, 6.45) is 2.97. The number of benzene rings is 1. The highest BCUT2D eigenvalue weighted by molar-refractivity contribution is 5.92. The second-order valence-corrected chi connectivity index (χ2v) is 5.10. The molecule has 1 amide bonds. The summed E-state index contributed by atoms with van der Waals surface area (Å²) >= 11 is 0. The normalized spacial score (nSPS) is 10.5. The SMILES string of the molecule is CC(C)c1ncc(NC(=O)Cc2ccccc2[N+](=O)[O-])cn1. The topological polar surface area (TPSA) is 98.0 Å². The van der Waals surface area contributed by atoms with Gasteiger partial charge in [0.1, 0.15) is 5.82 Å². The van der Waals surface area contributed by atoms with Gasteiger partial charge in [-0.3, -0.25) is 14.9 Å². The minimum atomic E-state index is -0.497. The van der Waals surface area contributed by atoms with Crippen LogP contribution in [-0.4, -0.2) is 20.8 Å². The van der Waals surface area contributed by atoms with E-state index in [0.29, 0.717) is 17.1 Å². The Balaban J connectivity index is 2.06. The van der Waals surface area contributed by atoms with Crippen molar-refractivity contribution in [3.63, 3.8) is 0 Å². The van der Waals surface area contributed by atoms with Gasteiger partial charge in [-0.2, -0.15) is 0 Å². The first-order valence-corrected chi connectivity index (χ1v) is 6.81. The van der Waals surface area contributed by atoms with E-state index in [9.17, 15) is 14.9 Å². The minimum Gasteiger partial charge on any atom is -0.323 e. The maximum absolute atomic E-state index is 12.0. The number of aromatic nitrogens is 2. The lowest BCUT2D eigenvalue weighted by molar-refractivity contribution is -0.385. The van der Waals surface area contributed by atoms with Crippen molar-refractivity contribution in [3.05, 3.63) is 58.2 Å². The van der Waals surface area contributed by atoms with Gasteiger partial charge in [0.05, 0.1) is 29.4 Å². The van der Waals surface area contributed by atoms with Crippen LogP contribution in [0.5, 0.6) is 0 Å². The Kier molecular flexibility index (Phi) is 4.77. The molecule has 0 radical (unpaired) electrons. The van der Waals surface area contributed by atoms with E-state index in [1.807, 2.05) is 13.8 Å². The van der Waals surface area contributed by atoms with Crippen molar-refractivity contribution in [2.24, 2.45) is 0 Å². The summed E-state index contributed by atoms with van der Waals surface area (Å²) in [7, 11) is 0. The van der Waals surface area contributed by atoms with E-state index in [2.05, 4.69) is 15.3 Å². The smallest absolute Gasteiger partial charge is 0.273 e. The van der Waals surface area contributed by atoms with Gasteiger partial charge in [0.25, 0.3) is 5.69 Å². The van der Waals surface area contributed by atoms with Gasteiger partial charge in [0, 0.05) is 17.5 Å². The number of nitro groups is 1. The molecule has 1 N–H and O–H groups in total. The van der Waals surface area contributed by atoms with Gasteiger partial charge in [0.2, 0.25) is 5.91 Å². The van der Waals surface area contributed by atoms with Crippen LogP contribution in [0, 0.1) is 10.1 Å². The van der Waals surface area contributed by atoms with E-state index in [4.69, 9.17) is 0 Å². The third-order valence-corrected chi connectivity index (χ3v) is 3.01. The summed E-state index contributed by atoms with van der Waals surface area (Å²) in [6.45, 7) is 3.95. The molecule has 7 nitrogen and oxygen atoms in total. The lowest BCUT2D eigenvalue weighted by Gasteiger charge is -2.07. The number of para-hydroxylation sites is 1. The second-order valence-electron chi connectivity index (χ2n) is 5.10. The van der Waals surface area contributed by atoms with E-state index < -0.39 is 4.92 Å². The predicted molar refractivity (Wildman–Crippen MR) is 81.6 cm³/mol. The number of amides is 1. The largest absolute Gasteiger partial charge is 0.323 e. The van der Waals surface area contributed by atoms with Crippen molar-refractivity contribution in [1.82, 2.24) is 9.97 Å². The maximum Gasteiger partial charge on any atom is 0.273 e. The summed E-state index contributed by atoms with van der Waals surface area (Å²) in [6, 6.07) is 6.17. The number of nitrogens with one attached hydrogen (secondary N) is 1. The third kappa shape index (κ3) is 3.85. The summed E-state index contributed by atoms with van der Waals surface area (Å²) in [5.41, 5.74) is 0.766. The molecule has 2 aromatic rings. The fraction of sp³-hybridized carbons (Fsp3) is 0.267. The standard InChI is InChI=1S/C15H16N4O3/c1-10(2)15-16-8-12(9-17-15)18-14(20)7-11-5-3-4-6-13(11)19(21)22/h3-6,8-10H,7H2,1-2H3,(H,18,20). The Morgan fingerprint density at radius 2 is 1.91 bits per heavy atom. The van der Waals surface area contributed by atoms with Crippen molar-refractivity contribution < 1.29 is 9.72 Å². The number of carbonyl (C=O) groups is 1. The van der Waals surface area contributed by atoms with Crippen LogP contribution in [0.25, 0.3) is 0 Å². The zero-order valence-corrected chi connectivity index (χ0v) is 12.3. The molecule has 7 heteroatoms. The van der Waals surface area contributed by atoms with Crippen molar-refractivity contribution in [3.8, 4) is 0 Å². The van der Waals surface area contributed by atoms with E-state index in [-0.39, 0.29) is 23.9 Å². The molecular weight excluding hydrogens is 284 g/mol. The van der Waals surface area contributed by atoms with Crippen LogP contribution in [0.3, 0.4) is 0 Å². The van der Waals surface area contributed by atoms with Gasteiger partial charge in [-0.25, -0.2) is 9.97 Å². The second kappa shape index (κ2) is 6.75. The van der Waals surface area contributed by atoms with Crippen LogP contribution in [0.15, 0.2) is 36.7 Å². The van der Waals surface area contributed by atoms with Crippen molar-refractivity contribution in [2.75, 3.05) is 5.32 Å². The highest BCUT2D eigenvalue weighted by atomic mass is 16.6. The molecule has 0 bridgehead atoms. The van der Waals surface area contributed by atoms with Gasteiger partial charge in [-0.1, -0.05) is 32.0 Å². The van der Waals surface area contributed by atoms with Crippen LogP contribution < -0.4 is 5.32 Å². The van der Waals surface area contributed by atoms with E-state index >= 15 is 0 Å². The number of hydrogen-bond donors (Lipinski definition) is 1. The van der Waals surface area contributed by atoms with Crippen molar-refractivity contribution >= 4 is 17.3 Å². The summed E-state index contributed by atoms with van der Waals surface area (Å²) < 4.78 is 0. The highest BCUT2D eigenvalue weighted by Crippen LogP contribution is 2.18. The summed E-state index contributed by atoms with van der Waals surface area (Å²) in [4.78, 5) is 30.7. The molecule has 2 rings (SSSR count). The zero-order valence-electron chi connectivity index (χ0n) is 12.3. The third-order valence-electron chi connectivity index (χ3n) is 3.01. The molecule has 114 valence electrons. The zero-order chi connectivity index (χ0) is 16.1. The molecule has 22 heavy (non-hydrogen) atoms. The fourth-order valence-electron chi connectivity index (χ4n) is 1.92. The van der Waals surface area contributed by atoms with Gasteiger partial charge in [-0.05, 0) is 0 Å². The Hall–Kier alpha value is -2.83. The average Bonchev–Trinajstić information content (AvgIpc) is 2.48. The van der Waals surface area contributed by atoms with Crippen LogP contribution >= 0.6 is 0 Å². The van der Waals surface area contributed by atoms with Gasteiger partial charge >= 0.3 is 0 Å². The van der Waals surface area contributed by atoms with Gasteiger partial charge < -0.3 is 5.32 Å². The van der Waals surface area contributed by atoms with Crippen molar-refractivity contribution in [1.29, 1.82) is 0 Å². The van der Waals surface area contributed by atoms with Crippen molar-refractivity contribution in [2.45, 2.75) is 26.2 Å². The first-order chi connectivity index (χ1) is 10.5. The molecule has 0 fully saturated rings. The molecule has 0 aliphatic rings. The molecule has 1 aromatic heterocycles.